The largest absolute Gasteiger partial charge is 0.489 e. The van der Waals surface area contributed by atoms with Crippen LogP contribution in [-0.2, 0) is 20.9 Å². The first-order chi connectivity index (χ1) is 15.5. The number of hydrogen-bond donors (Lipinski definition) is 1. The number of fused-ring (bicyclic) bond motifs is 1. The van der Waals surface area contributed by atoms with E-state index < -0.39 is 6.04 Å². The smallest absolute Gasteiger partial charge is 0.255 e. The number of benzene rings is 1. The Bertz CT molecular complexity index is 913. The average molecular weight is 442 g/mol. The standard InChI is InChI=1S/C24H31N3O5/c1-2-31-17-13-26(14-17)19-5-3-4-6-21(19)32-16-7-8-18-15(11-16)12-27(24(18)30)20-9-10-22(28)25-23(20)29/h7-8,11,17,19-21H,2-6,9-10,12-14H2,1H3,(H,25,28,29). The molecule has 2 saturated heterocycles. The number of imide groups is 1. The third-order valence-electron chi connectivity index (χ3n) is 7.20. The van der Waals surface area contributed by atoms with E-state index in [1.807, 2.05) is 25.1 Å². The lowest BCUT2D eigenvalue weighted by Gasteiger charge is -2.47. The van der Waals surface area contributed by atoms with Crippen LogP contribution in [0.2, 0.25) is 0 Å². The van der Waals surface area contributed by atoms with Gasteiger partial charge in [-0.15, -0.1) is 0 Å². The van der Waals surface area contributed by atoms with Gasteiger partial charge in [0.25, 0.3) is 5.91 Å². The summed E-state index contributed by atoms with van der Waals surface area (Å²) in [5.74, 6) is -0.0358. The summed E-state index contributed by atoms with van der Waals surface area (Å²) in [7, 11) is 0. The summed E-state index contributed by atoms with van der Waals surface area (Å²) in [5.41, 5.74) is 1.49. The Morgan fingerprint density at radius 2 is 1.91 bits per heavy atom. The SMILES string of the molecule is CCOC1CN(C2CCCCC2Oc2ccc3c(c2)CN(C2CCC(=O)NC2=O)C3=O)C1. The summed E-state index contributed by atoms with van der Waals surface area (Å²) >= 11 is 0. The predicted molar refractivity (Wildman–Crippen MR) is 116 cm³/mol. The molecule has 1 aliphatic carbocycles. The molecule has 3 heterocycles. The van der Waals surface area contributed by atoms with Crippen molar-refractivity contribution in [3.8, 4) is 5.75 Å². The monoisotopic (exact) mass is 441 g/mol. The minimum atomic E-state index is -0.593. The van der Waals surface area contributed by atoms with Gasteiger partial charge in [-0.25, -0.2) is 0 Å². The maximum absolute atomic E-state index is 12.9. The zero-order valence-corrected chi connectivity index (χ0v) is 18.5. The van der Waals surface area contributed by atoms with Crippen LogP contribution in [0, 0.1) is 0 Å². The van der Waals surface area contributed by atoms with Crippen LogP contribution >= 0.6 is 0 Å². The molecule has 3 amide bonds. The Labute approximate surface area is 188 Å². The molecule has 3 atom stereocenters. The molecule has 32 heavy (non-hydrogen) atoms. The number of piperidine rings is 1. The second-order valence-electron chi connectivity index (χ2n) is 9.26. The number of amides is 3. The Morgan fingerprint density at radius 1 is 1.09 bits per heavy atom. The maximum Gasteiger partial charge on any atom is 0.255 e. The van der Waals surface area contributed by atoms with E-state index in [2.05, 4.69) is 10.2 Å². The second kappa shape index (κ2) is 8.83. The number of nitrogens with zero attached hydrogens (tertiary/aromatic N) is 2. The van der Waals surface area contributed by atoms with Gasteiger partial charge in [0.15, 0.2) is 0 Å². The van der Waals surface area contributed by atoms with Crippen LogP contribution in [0.4, 0.5) is 0 Å². The van der Waals surface area contributed by atoms with E-state index in [0.29, 0.717) is 30.7 Å². The molecule has 1 saturated carbocycles. The molecule has 3 aliphatic heterocycles. The lowest BCUT2D eigenvalue weighted by molar-refractivity contribution is -0.136. The van der Waals surface area contributed by atoms with Crippen molar-refractivity contribution in [1.82, 2.24) is 15.1 Å². The van der Waals surface area contributed by atoms with Gasteiger partial charge in [-0.1, -0.05) is 6.42 Å². The molecule has 8 nitrogen and oxygen atoms in total. The summed E-state index contributed by atoms with van der Waals surface area (Å²) in [6, 6.07) is 5.44. The van der Waals surface area contributed by atoms with E-state index >= 15 is 0 Å². The highest BCUT2D eigenvalue weighted by Gasteiger charge is 2.41. The topological polar surface area (TPSA) is 88.2 Å². The summed E-state index contributed by atoms with van der Waals surface area (Å²) in [4.78, 5) is 40.7. The van der Waals surface area contributed by atoms with Crippen LogP contribution in [0.1, 0.15) is 61.4 Å². The predicted octanol–water partition coefficient (Wildman–Crippen LogP) is 1.86. The number of rotatable bonds is 6. The lowest BCUT2D eigenvalue weighted by atomic mass is 9.89. The molecule has 3 unspecified atom stereocenters. The molecule has 1 N–H and O–H groups in total. The Hall–Kier alpha value is -2.45. The van der Waals surface area contributed by atoms with Gasteiger partial charge < -0.3 is 14.4 Å². The summed E-state index contributed by atoms with van der Waals surface area (Å²) < 4.78 is 12.2. The number of likely N-dealkylation sites (tertiary alicyclic amines) is 1. The van der Waals surface area contributed by atoms with E-state index in [0.717, 1.165) is 50.3 Å². The van der Waals surface area contributed by atoms with E-state index in [-0.39, 0.29) is 30.2 Å². The molecule has 5 rings (SSSR count). The number of carbonyl (C=O) groups excluding carboxylic acids is 3. The quantitative estimate of drug-likeness (QED) is 0.678. The average Bonchev–Trinajstić information content (AvgIpc) is 3.07. The minimum Gasteiger partial charge on any atom is -0.489 e. The molecule has 1 aromatic rings. The van der Waals surface area contributed by atoms with E-state index in [9.17, 15) is 14.4 Å². The molecule has 4 aliphatic rings. The van der Waals surface area contributed by atoms with Crippen LogP contribution in [-0.4, -0.2) is 71.5 Å². The third-order valence-corrected chi connectivity index (χ3v) is 7.20. The molecule has 1 aromatic carbocycles. The summed E-state index contributed by atoms with van der Waals surface area (Å²) in [5, 5.41) is 2.35. The fourth-order valence-electron chi connectivity index (χ4n) is 5.51. The van der Waals surface area contributed by atoms with Gasteiger partial charge in [0.05, 0.1) is 6.10 Å². The molecule has 0 aromatic heterocycles. The van der Waals surface area contributed by atoms with Crippen LogP contribution in [0.3, 0.4) is 0 Å². The first-order valence-electron chi connectivity index (χ1n) is 11.8. The first-order valence-corrected chi connectivity index (χ1v) is 11.8. The molecular formula is C24H31N3O5. The molecular weight excluding hydrogens is 410 g/mol. The van der Waals surface area contributed by atoms with Crippen molar-refractivity contribution in [3.05, 3.63) is 29.3 Å². The maximum atomic E-state index is 12.9. The highest BCUT2D eigenvalue weighted by Crippen LogP contribution is 2.34. The van der Waals surface area contributed by atoms with Crippen molar-refractivity contribution in [2.45, 2.75) is 76.3 Å². The fraction of sp³-hybridized carbons (Fsp3) is 0.625. The molecule has 0 bridgehead atoms. The van der Waals surface area contributed by atoms with Crippen molar-refractivity contribution in [1.29, 1.82) is 0 Å². The highest BCUT2D eigenvalue weighted by atomic mass is 16.5. The van der Waals surface area contributed by atoms with Crippen molar-refractivity contribution in [2.75, 3.05) is 19.7 Å². The van der Waals surface area contributed by atoms with E-state index in [1.54, 1.807) is 4.90 Å². The number of carbonyl (C=O) groups is 3. The summed E-state index contributed by atoms with van der Waals surface area (Å²) in [6.45, 7) is 5.10. The summed E-state index contributed by atoms with van der Waals surface area (Å²) in [6.07, 6.45) is 5.65. The van der Waals surface area contributed by atoms with Gasteiger partial charge in [0, 0.05) is 44.3 Å². The Morgan fingerprint density at radius 3 is 2.69 bits per heavy atom. The van der Waals surface area contributed by atoms with Crippen LogP contribution in [0.25, 0.3) is 0 Å². The Balaban J connectivity index is 1.26. The molecule has 3 fully saturated rings. The van der Waals surface area contributed by atoms with Crippen molar-refractivity contribution in [3.63, 3.8) is 0 Å². The minimum absolute atomic E-state index is 0.132. The molecule has 0 spiro atoms. The highest BCUT2D eigenvalue weighted by molar-refractivity contribution is 6.05. The number of ether oxygens (including phenoxy) is 2. The molecule has 8 heteroatoms. The first kappa shape index (κ1) is 21.4. The van der Waals surface area contributed by atoms with Gasteiger partial charge in [-0.3, -0.25) is 24.6 Å². The van der Waals surface area contributed by atoms with Crippen molar-refractivity contribution in [2.24, 2.45) is 0 Å². The Kier molecular flexibility index (Phi) is 5.90. The van der Waals surface area contributed by atoms with Gasteiger partial charge >= 0.3 is 0 Å². The molecule has 0 radical (unpaired) electrons. The van der Waals surface area contributed by atoms with Crippen molar-refractivity contribution < 1.29 is 23.9 Å². The van der Waals surface area contributed by atoms with Crippen LogP contribution in [0.5, 0.6) is 5.75 Å². The third kappa shape index (κ3) is 4.01. The molecule has 172 valence electrons. The van der Waals surface area contributed by atoms with Gasteiger partial charge in [0.2, 0.25) is 11.8 Å². The van der Waals surface area contributed by atoms with Crippen LogP contribution in [0.15, 0.2) is 18.2 Å². The number of nitrogens with one attached hydrogen (secondary N) is 1. The van der Waals surface area contributed by atoms with Gasteiger partial charge in [-0.05, 0) is 56.4 Å². The number of hydrogen-bond acceptors (Lipinski definition) is 6. The van der Waals surface area contributed by atoms with E-state index in [1.165, 1.54) is 6.42 Å². The van der Waals surface area contributed by atoms with Gasteiger partial charge in [-0.2, -0.15) is 0 Å². The second-order valence-corrected chi connectivity index (χ2v) is 9.26. The van der Waals surface area contributed by atoms with Crippen molar-refractivity contribution >= 4 is 17.7 Å². The zero-order valence-electron chi connectivity index (χ0n) is 18.5. The normalized spacial score (nSPS) is 29.0. The van der Waals surface area contributed by atoms with Crippen LogP contribution < -0.4 is 10.1 Å². The fourth-order valence-corrected chi connectivity index (χ4v) is 5.51. The van der Waals surface area contributed by atoms with Gasteiger partial charge in [0.1, 0.15) is 17.9 Å². The van der Waals surface area contributed by atoms with E-state index in [4.69, 9.17) is 9.47 Å². The lowest BCUT2D eigenvalue weighted by Crippen LogP contribution is -2.61. The zero-order chi connectivity index (χ0) is 22.2.